The predicted octanol–water partition coefficient (Wildman–Crippen LogP) is 0.815. The van der Waals surface area contributed by atoms with Crippen molar-refractivity contribution in [2.75, 3.05) is 49.4 Å². The van der Waals surface area contributed by atoms with Crippen LogP contribution in [0.2, 0.25) is 0 Å². The minimum absolute atomic E-state index is 0.0380. The molecular formula is C35H50N13O18P3S. The highest BCUT2D eigenvalue weighted by Gasteiger charge is 2.47. The third kappa shape index (κ3) is 12.5. The number of imidazole rings is 2. The monoisotopic (exact) mass is 1070 g/mol. The van der Waals surface area contributed by atoms with Gasteiger partial charge in [-0.1, -0.05) is 12.8 Å². The number of ether oxygens (including phenoxy) is 3. The number of aliphatic hydroxyl groups excluding tert-OH is 1. The Kier molecular flexibility index (Phi) is 16.2. The SMILES string of the molecule is Nc1ccn([C@H]2CC(O)[C@@H](COP(=O)(O)OC3C[C@H](n4cnc5c(=O)[nH]c(N)nc54)O[C@@H]3COP(=O)(O)O[C@@H]3C[C@H](n4cnc5c(N)ncnc54)O[C@@H]3COP(=O)(O)OCCCCCCS)O2)c(=O)n1. The molecule has 35 heteroatoms. The zero-order valence-electron chi connectivity index (χ0n) is 36.6. The maximum absolute atomic E-state index is 13.8. The van der Waals surface area contributed by atoms with E-state index in [1.165, 1.54) is 40.4 Å². The Labute approximate surface area is 400 Å². The number of hydrogen-bond donors (Lipinski definition) is 9. The molecule has 384 valence electrons. The van der Waals surface area contributed by atoms with Crippen molar-refractivity contribution in [2.45, 2.75) is 100 Å². The van der Waals surface area contributed by atoms with Gasteiger partial charge in [0.05, 0.1) is 45.2 Å². The lowest BCUT2D eigenvalue weighted by Gasteiger charge is -2.25. The van der Waals surface area contributed by atoms with Crippen LogP contribution in [0.4, 0.5) is 17.6 Å². The van der Waals surface area contributed by atoms with Crippen LogP contribution in [0.5, 0.6) is 0 Å². The van der Waals surface area contributed by atoms with E-state index in [0.717, 1.165) is 23.8 Å². The Morgan fingerprint density at radius 2 is 1.27 bits per heavy atom. The fraction of sp³-hybridized carbons (Fsp3) is 0.600. The number of thiol groups is 1. The van der Waals surface area contributed by atoms with E-state index in [4.69, 9.17) is 58.6 Å². The van der Waals surface area contributed by atoms with Crippen molar-refractivity contribution in [1.29, 1.82) is 0 Å². The molecule has 0 amide bonds. The fourth-order valence-electron chi connectivity index (χ4n) is 7.87. The van der Waals surface area contributed by atoms with Gasteiger partial charge >= 0.3 is 29.2 Å². The minimum atomic E-state index is -5.21. The molecule has 70 heavy (non-hydrogen) atoms. The van der Waals surface area contributed by atoms with Crippen LogP contribution in [0, 0.1) is 0 Å². The van der Waals surface area contributed by atoms with E-state index in [2.05, 4.69) is 47.5 Å². The predicted molar refractivity (Wildman–Crippen MR) is 242 cm³/mol. The zero-order valence-corrected chi connectivity index (χ0v) is 40.2. The summed E-state index contributed by atoms with van der Waals surface area (Å²) in [5.74, 6) is 0.460. The van der Waals surface area contributed by atoms with Crippen LogP contribution in [-0.4, -0.2) is 137 Å². The van der Waals surface area contributed by atoms with E-state index in [0.29, 0.717) is 12.2 Å². The molecule has 11 N–H and O–H groups in total. The van der Waals surface area contributed by atoms with E-state index in [1.807, 2.05) is 0 Å². The van der Waals surface area contributed by atoms with Gasteiger partial charge in [0, 0.05) is 25.5 Å². The van der Waals surface area contributed by atoms with Crippen molar-refractivity contribution in [3.8, 4) is 0 Å². The molecule has 0 saturated carbocycles. The van der Waals surface area contributed by atoms with Crippen LogP contribution < -0.4 is 28.5 Å². The highest BCUT2D eigenvalue weighted by atomic mass is 32.1. The van der Waals surface area contributed by atoms with Crippen molar-refractivity contribution in [2.24, 2.45) is 0 Å². The molecule has 5 unspecified atom stereocenters. The van der Waals surface area contributed by atoms with Crippen molar-refractivity contribution in [1.82, 2.24) is 48.6 Å². The van der Waals surface area contributed by atoms with Gasteiger partial charge in [-0.15, -0.1) is 0 Å². The quantitative estimate of drug-likeness (QED) is 0.0248. The molecule has 0 bridgehead atoms. The lowest BCUT2D eigenvalue weighted by molar-refractivity contribution is -0.0605. The van der Waals surface area contributed by atoms with Crippen LogP contribution in [0.15, 0.2) is 40.8 Å². The standard InChI is InChI=1S/C35H50N13O18P3S/c36-24-5-6-46(35(51)43-24)25-9-18(49)21(62-25)12-60-68(54,55)65-20-11-27(48-17-42-29-32(48)44-34(38)45-33(29)50)64-23(20)14-61-69(56,57)66-19-10-26(47-16-41-28-30(37)39-15-40-31(28)47)63-22(19)13-59-67(52,53)58-7-3-1-2-4-8-70/h5-6,15-23,25-27,49,70H,1-4,7-14H2,(H,52,53)(H,54,55)(H,56,57)(H2,36,43,51)(H2,37,39,40)(H3,38,44,45,50)/t18?,19-,20?,21-,22-,23-,25-,26-,27-/m1/s1. The molecule has 3 aliphatic rings. The Morgan fingerprint density at radius 1 is 0.700 bits per heavy atom. The summed E-state index contributed by atoms with van der Waals surface area (Å²) in [4.78, 5) is 84.1. The first-order chi connectivity index (χ1) is 33.3. The highest BCUT2D eigenvalue weighted by molar-refractivity contribution is 7.80. The number of nitrogens with one attached hydrogen (secondary N) is 1. The average molecular weight is 1070 g/mol. The van der Waals surface area contributed by atoms with Gasteiger partial charge in [-0.3, -0.25) is 50.6 Å². The molecule has 0 spiro atoms. The summed E-state index contributed by atoms with van der Waals surface area (Å²) in [5.41, 5.74) is 16.2. The Hall–Kier alpha value is -4.30. The van der Waals surface area contributed by atoms with E-state index in [9.17, 15) is 43.1 Å². The van der Waals surface area contributed by atoms with Crippen LogP contribution in [0.25, 0.3) is 22.3 Å². The zero-order chi connectivity index (χ0) is 50.0. The van der Waals surface area contributed by atoms with Gasteiger partial charge in [-0.2, -0.15) is 22.6 Å². The summed E-state index contributed by atoms with van der Waals surface area (Å²) in [5, 5.41) is 10.7. The summed E-state index contributed by atoms with van der Waals surface area (Å²) in [6, 6.07) is 1.35. The first-order valence-electron chi connectivity index (χ1n) is 21.5. The largest absolute Gasteiger partial charge is 0.472 e. The number of aliphatic hydroxyl groups is 1. The van der Waals surface area contributed by atoms with Crippen molar-refractivity contribution < 1.29 is 74.8 Å². The molecule has 3 saturated heterocycles. The topological polar surface area (TPSA) is 435 Å². The number of aromatic amines is 1. The Morgan fingerprint density at radius 3 is 1.91 bits per heavy atom. The van der Waals surface area contributed by atoms with Gasteiger partial charge < -0.3 is 51.2 Å². The number of nitrogen functional groups attached to an aromatic ring is 3. The maximum Gasteiger partial charge on any atom is 0.472 e. The number of fused-ring (bicyclic) bond motifs is 2. The number of nitrogens with zero attached hydrogens (tertiary/aromatic N) is 9. The Balaban J connectivity index is 0.963. The maximum atomic E-state index is 13.8. The van der Waals surface area contributed by atoms with Crippen molar-refractivity contribution >= 4 is 76.0 Å². The number of rotatable bonds is 23. The fourth-order valence-corrected chi connectivity index (χ4v) is 10.8. The van der Waals surface area contributed by atoms with Crippen LogP contribution >= 0.6 is 36.1 Å². The summed E-state index contributed by atoms with van der Waals surface area (Å²) < 4.78 is 94.2. The van der Waals surface area contributed by atoms with Crippen LogP contribution in [0.1, 0.15) is 63.6 Å². The third-order valence-corrected chi connectivity index (χ3v) is 14.6. The molecular weight excluding hydrogens is 1020 g/mol. The summed E-state index contributed by atoms with van der Waals surface area (Å²) in [6.45, 7) is -2.33. The number of phosphoric ester groups is 3. The number of hydrogen-bond acceptors (Lipinski definition) is 25. The molecule has 3 aliphatic heterocycles. The summed E-state index contributed by atoms with van der Waals surface area (Å²) in [7, 11) is -15.0. The molecule has 8 heterocycles. The number of unbranched alkanes of at least 4 members (excludes halogenated alkanes) is 3. The van der Waals surface area contributed by atoms with Gasteiger partial charge in [0.15, 0.2) is 22.6 Å². The van der Waals surface area contributed by atoms with Crippen LogP contribution in [0.3, 0.4) is 0 Å². The molecule has 0 radical (unpaired) electrons. The van der Waals surface area contributed by atoms with E-state index < -0.39 is 110 Å². The van der Waals surface area contributed by atoms with Gasteiger partial charge in [-0.05, 0) is 24.7 Å². The summed E-state index contributed by atoms with van der Waals surface area (Å²) >= 11 is 4.17. The molecule has 0 aromatic carbocycles. The van der Waals surface area contributed by atoms with Crippen LogP contribution in [-0.2, 0) is 55.0 Å². The average Bonchev–Trinajstić information content (AvgIpc) is 4.14. The second-order valence-electron chi connectivity index (χ2n) is 16.1. The molecule has 31 nitrogen and oxygen atoms in total. The smallest absolute Gasteiger partial charge is 0.390 e. The molecule has 0 aliphatic carbocycles. The molecule has 12 atom stereocenters. The molecule has 5 aromatic heterocycles. The number of H-pyrrole nitrogens is 1. The minimum Gasteiger partial charge on any atom is -0.390 e. The van der Waals surface area contributed by atoms with E-state index in [-0.39, 0.29) is 65.8 Å². The highest BCUT2D eigenvalue weighted by Crippen LogP contribution is 2.53. The van der Waals surface area contributed by atoms with Crippen molar-refractivity contribution in [3.05, 3.63) is 52.1 Å². The first-order valence-corrected chi connectivity index (χ1v) is 26.6. The number of nitrogens with two attached hydrogens (primary N) is 3. The molecule has 3 fully saturated rings. The first kappa shape index (κ1) is 52.0. The second kappa shape index (κ2) is 21.8. The van der Waals surface area contributed by atoms with Gasteiger partial charge in [0.2, 0.25) is 5.95 Å². The Bertz CT molecular complexity index is 2910. The van der Waals surface area contributed by atoms with Gasteiger partial charge in [0.25, 0.3) is 5.56 Å². The number of anilines is 3. The number of aromatic nitrogens is 10. The van der Waals surface area contributed by atoms with Gasteiger partial charge in [0.1, 0.15) is 66.9 Å². The second-order valence-corrected chi connectivity index (χ2v) is 20.8. The number of phosphoric acid groups is 3. The normalized spacial score (nSPS) is 27.5. The van der Waals surface area contributed by atoms with Gasteiger partial charge in [-0.25, -0.2) is 38.4 Å². The van der Waals surface area contributed by atoms with Crippen molar-refractivity contribution in [3.63, 3.8) is 0 Å². The third-order valence-electron chi connectivity index (χ3n) is 11.2. The lowest BCUT2D eigenvalue weighted by Crippen LogP contribution is -2.31. The molecule has 8 rings (SSSR count). The summed E-state index contributed by atoms with van der Waals surface area (Å²) in [6.07, 6.45) is -4.05. The van der Waals surface area contributed by atoms with E-state index >= 15 is 0 Å². The lowest BCUT2D eigenvalue weighted by atomic mass is 10.2. The molecule has 5 aromatic rings. The van der Waals surface area contributed by atoms with E-state index in [1.54, 1.807) is 0 Å².